The first-order chi connectivity index (χ1) is 21.4. The number of ether oxygens (including phenoxy) is 2. The van der Waals surface area contributed by atoms with Gasteiger partial charge in [0, 0.05) is 29.9 Å². The maximum absolute atomic E-state index is 14.1. The molecular formula is C34H40N4O6. The van der Waals surface area contributed by atoms with Crippen LogP contribution in [-0.2, 0) is 25.7 Å². The average molecular weight is 601 g/mol. The van der Waals surface area contributed by atoms with E-state index >= 15 is 0 Å². The Morgan fingerprint density at radius 3 is 2.68 bits per heavy atom. The number of methoxy groups -OCH3 is 1. The number of likely N-dealkylation sites (tertiary alicyclic amines) is 1. The van der Waals surface area contributed by atoms with Crippen LogP contribution >= 0.6 is 0 Å². The van der Waals surface area contributed by atoms with E-state index < -0.39 is 12.1 Å². The van der Waals surface area contributed by atoms with Gasteiger partial charge < -0.3 is 30.0 Å². The second-order valence-corrected chi connectivity index (χ2v) is 12.2. The number of Topliss-reactive ketones (excluding diaryl/α,β-unsaturated/α-hetero) is 1. The van der Waals surface area contributed by atoms with Gasteiger partial charge in [0.05, 0.1) is 19.8 Å². The van der Waals surface area contributed by atoms with E-state index in [9.17, 15) is 19.2 Å². The van der Waals surface area contributed by atoms with E-state index in [0.717, 1.165) is 42.1 Å². The molecule has 5 atom stereocenters. The molecule has 10 heteroatoms. The van der Waals surface area contributed by atoms with Crippen LogP contribution < -0.4 is 15.4 Å². The molecule has 3 aliphatic rings. The van der Waals surface area contributed by atoms with E-state index in [0.29, 0.717) is 31.0 Å². The fourth-order valence-corrected chi connectivity index (χ4v) is 7.24. The molecular weight excluding hydrogens is 560 g/mol. The third kappa shape index (κ3) is 6.22. The molecule has 10 nitrogen and oxygen atoms in total. The Hall–Kier alpha value is -4.18. The van der Waals surface area contributed by atoms with Crippen LogP contribution in [0.4, 0.5) is 0 Å². The lowest BCUT2D eigenvalue weighted by Crippen LogP contribution is -2.54. The lowest BCUT2D eigenvalue weighted by atomic mass is 9.89. The first-order valence-corrected chi connectivity index (χ1v) is 15.6. The standard InChI is InChI=1S/C34H40N4O6/c1-43-30-14-6-13-26-25(30)17-28(36-26)34(42)38-18-23-10-5-12-24(23)31(38)33(41)37-27(16-22-11-7-15-35-32(22)40)29(39)20-44-19-21-8-3-2-4-9-21/h2-4,6,8-9,13-14,17,22-24,27,31,36H,5,7,10-12,15-16,18-20H2,1H3,(H,35,40)(H,37,41)/t22-,23-,24-,27?,31-/m0/s1. The van der Waals surface area contributed by atoms with Gasteiger partial charge in [-0.3, -0.25) is 19.2 Å². The zero-order valence-corrected chi connectivity index (χ0v) is 25.1. The lowest BCUT2D eigenvalue weighted by molar-refractivity contribution is -0.134. The molecule has 232 valence electrons. The molecule has 0 spiro atoms. The van der Waals surface area contributed by atoms with Gasteiger partial charge in [-0.25, -0.2) is 0 Å². The van der Waals surface area contributed by atoms with E-state index in [2.05, 4.69) is 15.6 Å². The maximum atomic E-state index is 14.1. The third-order valence-corrected chi connectivity index (χ3v) is 9.47. The molecule has 44 heavy (non-hydrogen) atoms. The van der Waals surface area contributed by atoms with Gasteiger partial charge in [-0.2, -0.15) is 0 Å². The molecule has 3 heterocycles. The second-order valence-electron chi connectivity index (χ2n) is 12.2. The van der Waals surface area contributed by atoms with Crippen molar-refractivity contribution in [3.63, 3.8) is 0 Å². The molecule has 3 fully saturated rings. The Bertz CT molecular complexity index is 1520. The second kappa shape index (κ2) is 13.2. The van der Waals surface area contributed by atoms with Crippen LogP contribution in [0.15, 0.2) is 54.6 Å². The maximum Gasteiger partial charge on any atom is 0.271 e. The van der Waals surface area contributed by atoms with Crippen LogP contribution in [0.2, 0.25) is 0 Å². The van der Waals surface area contributed by atoms with E-state index in [-0.39, 0.29) is 60.9 Å². The molecule has 1 saturated carbocycles. The van der Waals surface area contributed by atoms with E-state index in [1.54, 1.807) is 18.1 Å². The number of hydrogen-bond acceptors (Lipinski definition) is 6. The summed E-state index contributed by atoms with van der Waals surface area (Å²) in [6.45, 7) is 1.17. The van der Waals surface area contributed by atoms with Crippen LogP contribution in [0.1, 0.15) is 54.6 Å². The lowest BCUT2D eigenvalue weighted by Gasteiger charge is -2.30. The number of amides is 3. The predicted molar refractivity (Wildman–Crippen MR) is 164 cm³/mol. The molecule has 0 bridgehead atoms. The summed E-state index contributed by atoms with van der Waals surface area (Å²) in [6.07, 6.45) is 4.47. The van der Waals surface area contributed by atoms with Crippen molar-refractivity contribution in [3.8, 4) is 5.75 Å². The topological polar surface area (TPSA) is 130 Å². The van der Waals surface area contributed by atoms with Crippen molar-refractivity contribution in [1.82, 2.24) is 20.5 Å². The van der Waals surface area contributed by atoms with Crippen molar-refractivity contribution < 1.29 is 28.7 Å². The Kier molecular flexibility index (Phi) is 8.97. The van der Waals surface area contributed by atoms with Crippen molar-refractivity contribution in [3.05, 3.63) is 65.9 Å². The fraction of sp³-hybridized carbons (Fsp3) is 0.471. The Labute approximate surface area is 256 Å². The largest absolute Gasteiger partial charge is 0.496 e. The monoisotopic (exact) mass is 600 g/mol. The third-order valence-electron chi connectivity index (χ3n) is 9.47. The van der Waals surface area contributed by atoms with Gasteiger partial charge >= 0.3 is 0 Å². The average Bonchev–Trinajstić information content (AvgIpc) is 3.76. The number of carbonyl (C=O) groups excluding carboxylic acids is 4. The van der Waals surface area contributed by atoms with Crippen molar-refractivity contribution in [2.45, 2.75) is 57.2 Å². The van der Waals surface area contributed by atoms with Gasteiger partial charge in [-0.1, -0.05) is 42.8 Å². The van der Waals surface area contributed by atoms with Crippen molar-refractivity contribution >= 4 is 34.4 Å². The smallest absolute Gasteiger partial charge is 0.271 e. The quantitative estimate of drug-likeness (QED) is 0.309. The summed E-state index contributed by atoms with van der Waals surface area (Å²) < 4.78 is 11.2. The minimum absolute atomic E-state index is 0.0147. The van der Waals surface area contributed by atoms with Crippen LogP contribution in [-0.4, -0.2) is 72.3 Å². The number of nitrogens with zero attached hydrogens (tertiary/aromatic N) is 1. The number of rotatable bonds is 11. The molecule has 1 aliphatic carbocycles. The molecule has 3 N–H and O–H groups in total. The molecule has 2 saturated heterocycles. The van der Waals surface area contributed by atoms with Gasteiger partial charge in [0.15, 0.2) is 5.78 Å². The van der Waals surface area contributed by atoms with E-state index in [4.69, 9.17) is 9.47 Å². The highest BCUT2D eigenvalue weighted by Crippen LogP contribution is 2.43. The van der Waals surface area contributed by atoms with Crippen molar-refractivity contribution in [2.24, 2.45) is 17.8 Å². The molecule has 0 radical (unpaired) electrons. The first-order valence-electron chi connectivity index (χ1n) is 15.6. The number of nitrogens with one attached hydrogen (secondary N) is 3. The van der Waals surface area contributed by atoms with Gasteiger partial charge in [0.1, 0.15) is 24.1 Å². The van der Waals surface area contributed by atoms with Crippen LogP contribution in [0.25, 0.3) is 10.9 Å². The first kappa shape index (κ1) is 29.9. The number of H-pyrrole nitrogens is 1. The minimum Gasteiger partial charge on any atom is -0.496 e. The summed E-state index contributed by atoms with van der Waals surface area (Å²) in [7, 11) is 1.59. The molecule has 2 aromatic carbocycles. The Morgan fingerprint density at radius 1 is 1.05 bits per heavy atom. The van der Waals surface area contributed by atoms with Gasteiger partial charge in [-0.15, -0.1) is 0 Å². The SMILES string of the molecule is COc1cccc2[nH]c(C(=O)N3C[C@@H]4CCC[C@@H]4[C@H]3C(=O)NC(C[C@@H]3CCCNC3=O)C(=O)COCc3ccccc3)cc12. The summed E-state index contributed by atoms with van der Waals surface area (Å²) in [5, 5.41) is 6.67. The molecule has 3 amide bonds. The number of aromatic amines is 1. The molecule has 1 aromatic heterocycles. The highest BCUT2D eigenvalue weighted by molar-refractivity contribution is 6.02. The summed E-state index contributed by atoms with van der Waals surface area (Å²) >= 11 is 0. The summed E-state index contributed by atoms with van der Waals surface area (Å²) in [5.74, 6) is -0.466. The molecule has 6 rings (SSSR count). The fourth-order valence-electron chi connectivity index (χ4n) is 7.24. The number of hydrogen-bond donors (Lipinski definition) is 3. The summed E-state index contributed by atoms with van der Waals surface area (Å²) in [4.78, 5) is 59.1. The van der Waals surface area contributed by atoms with Crippen LogP contribution in [0, 0.1) is 17.8 Å². The summed E-state index contributed by atoms with van der Waals surface area (Å²) in [6, 6.07) is 15.3. The van der Waals surface area contributed by atoms with Crippen molar-refractivity contribution in [2.75, 3.05) is 26.8 Å². The predicted octanol–water partition coefficient (Wildman–Crippen LogP) is 3.60. The number of aromatic nitrogens is 1. The van der Waals surface area contributed by atoms with Gasteiger partial charge in [0.25, 0.3) is 5.91 Å². The molecule has 3 aromatic rings. The van der Waals surface area contributed by atoms with E-state index in [1.165, 1.54) is 0 Å². The number of benzene rings is 2. The highest BCUT2D eigenvalue weighted by atomic mass is 16.5. The number of carbonyl (C=O) groups is 4. The van der Waals surface area contributed by atoms with Gasteiger partial charge in [-0.05, 0) is 67.7 Å². The van der Waals surface area contributed by atoms with E-state index in [1.807, 2.05) is 48.5 Å². The van der Waals surface area contributed by atoms with Crippen molar-refractivity contribution in [1.29, 1.82) is 0 Å². The Morgan fingerprint density at radius 2 is 1.89 bits per heavy atom. The highest BCUT2D eigenvalue weighted by Gasteiger charge is 2.50. The number of piperidine rings is 1. The van der Waals surface area contributed by atoms with Crippen LogP contribution in [0.5, 0.6) is 5.75 Å². The normalized spacial score (nSPS) is 23.7. The molecule has 1 unspecified atom stereocenters. The minimum atomic E-state index is -0.901. The number of fused-ring (bicyclic) bond motifs is 2. The Balaban J connectivity index is 1.21. The number of ketones is 1. The zero-order valence-electron chi connectivity index (χ0n) is 25.1. The van der Waals surface area contributed by atoms with Gasteiger partial charge in [0.2, 0.25) is 11.8 Å². The zero-order chi connectivity index (χ0) is 30.6. The molecule has 2 aliphatic heterocycles. The summed E-state index contributed by atoms with van der Waals surface area (Å²) in [5.41, 5.74) is 2.11. The van der Waals surface area contributed by atoms with Crippen LogP contribution in [0.3, 0.4) is 0 Å².